The first kappa shape index (κ1) is 22.3. The average molecular weight is 458 g/mol. The van der Waals surface area contributed by atoms with Gasteiger partial charge < -0.3 is 14.8 Å². The smallest absolute Gasteiger partial charge is 0.251 e. The van der Waals surface area contributed by atoms with Gasteiger partial charge in [0.2, 0.25) is 5.91 Å². The molecule has 34 heavy (non-hydrogen) atoms. The van der Waals surface area contributed by atoms with Gasteiger partial charge in [0, 0.05) is 31.6 Å². The summed E-state index contributed by atoms with van der Waals surface area (Å²) in [7, 11) is 0. The van der Waals surface area contributed by atoms with Crippen molar-refractivity contribution in [2.75, 3.05) is 13.1 Å². The third-order valence-electron chi connectivity index (χ3n) is 7.15. The van der Waals surface area contributed by atoms with Gasteiger partial charge in [0.1, 0.15) is 5.82 Å². The number of hydrogen-bond donors (Lipinski definition) is 1. The number of nitrogens with zero attached hydrogens (tertiary/aromatic N) is 4. The summed E-state index contributed by atoms with van der Waals surface area (Å²) in [6.07, 6.45) is 5.32. The molecule has 1 atom stereocenters. The third-order valence-corrected chi connectivity index (χ3v) is 7.15. The van der Waals surface area contributed by atoms with Gasteiger partial charge in [-0.1, -0.05) is 61.4 Å². The van der Waals surface area contributed by atoms with E-state index < -0.39 is 0 Å². The predicted molar refractivity (Wildman–Crippen MR) is 129 cm³/mol. The first-order valence-electron chi connectivity index (χ1n) is 12.3. The molecule has 2 aliphatic rings. The first-order valence-corrected chi connectivity index (χ1v) is 12.3. The van der Waals surface area contributed by atoms with Gasteiger partial charge in [0.25, 0.3) is 5.91 Å². The van der Waals surface area contributed by atoms with E-state index >= 15 is 0 Å². The molecular weight excluding hydrogens is 426 g/mol. The molecule has 0 unspecified atom stereocenters. The van der Waals surface area contributed by atoms with E-state index in [-0.39, 0.29) is 17.7 Å². The highest BCUT2D eigenvalue weighted by Crippen LogP contribution is 2.38. The van der Waals surface area contributed by atoms with E-state index in [1.807, 2.05) is 41.3 Å². The Morgan fingerprint density at radius 1 is 0.912 bits per heavy atom. The van der Waals surface area contributed by atoms with Crippen molar-refractivity contribution in [2.24, 2.45) is 5.92 Å². The maximum absolute atomic E-state index is 13.8. The quantitative estimate of drug-likeness (QED) is 0.614. The molecule has 1 saturated carbocycles. The van der Waals surface area contributed by atoms with Crippen molar-refractivity contribution < 1.29 is 9.59 Å². The second kappa shape index (κ2) is 10.2. The fraction of sp³-hybridized carbons (Fsp3) is 0.407. The number of fused-ring (bicyclic) bond motifs is 1. The van der Waals surface area contributed by atoms with Crippen molar-refractivity contribution in [3.8, 4) is 0 Å². The van der Waals surface area contributed by atoms with E-state index in [0.717, 1.165) is 30.1 Å². The number of rotatable bonds is 6. The number of hydrogen-bond acceptors (Lipinski definition) is 4. The molecule has 2 heterocycles. The minimum Gasteiger partial charge on any atom is -0.345 e. The van der Waals surface area contributed by atoms with Crippen LogP contribution in [0.25, 0.3) is 0 Å². The maximum atomic E-state index is 13.8. The van der Waals surface area contributed by atoms with Crippen molar-refractivity contribution in [3.63, 3.8) is 0 Å². The molecule has 0 spiro atoms. The van der Waals surface area contributed by atoms with Gasteiger partial charge in [-0.05, 0) is 36.5 Å². The summed E-state index contributed by atoms with van der Waals surface area (Å²) in [5.41, 5.74) is 1.75. The summed E-state index contributed by atoms with van der Waals surface area (Å²) in [6.45, 7) is 2.21. The van der Waals surface area contributed by atoms with Gasteiger partial charge in [-0.3, -0.25) is 9.59 Å². The van der Waals surface area contributed by atoms with E-state index in [2.05, 4.69) is 32.2 Å². The molecule has 7 nitrogen and oxygen atoms in total. The maximum Gasteiger partial charge on any atom is 0.251 e. The zero-order chi connectivity index (χ0) is 23.3. The molecule has 2 aromatic carbocycles. The van der Waals surface area contributed by atoms with E-state index in [0.29, 0.717) is 44.1 Å². The fourth-order valence-corrected chi connectivity index (χ4v) is 5.35. The summed E-state index contributed by atoms with van der Waals surface area (Å²) in [6, 6.07) is 19.4. The molecule has 1 aliphatic heterocycles. The van der Waals surface area contributed by atoms with Crippen LogP contribution in [-0.4, -0.2) is 44.6 Å². The van der Waals surface area contributed by atoms with Crippen LogP contribution in [0.5, 0.6) is 0 Å². The van der Waals surface area contributed by atoms with Gasteiger partial charge in [0.15, 0.2) is 5.82 Å². The second-order valence-corrected chi connectivity index (χ2v) is 9.24. The Bertz CT molecular complexity index is 1120. The summed E-state index contributed by atoms with van der Waals surface area (Å²) in [5.74, 6) is 2.04. The summed E-state index contributed by atoms with van der Waals surface area (Å²) < 4.78 is 2.06. The van der Waals surface area contributed by atoms with Gasteiger partial charge in [-0.2, -0.15) is 0 Å². The van der Waals surface area contributed by atoms with E-state index in [4.69, 9.17) is 0 Å². The lowest BCUT2D eigenvalue weighted by Crippen LogP contribution is -2.39. The highest BCUT2D eigenvalue weighted by molar-refractivity contribution is 5.94. The number of nitrogens with one attached hydrogen (secondary N) is 1. The zero-order valence-corrected chi connectivity index (χ0v) is 19.4. The Hall–Kier alpha value is -3.48. The van der Waals surface area contributed by atoms with Crippen molar-refractivity contribution in [1.29, 1.82) is 0 Å². The van der Waals surface area contributed by atoms with Crippen molar-refractivity contribution >= 4 is 11.8 Å². The summed E-state index contributed by atoms with van der Waals surface area (Å²) in [4.78, 5) is 28.2. The van der Waals surface area contributed by atoms with Crippen LogP contribution in [0.15, 0.2) is 60.7 Å². The predicted octanol–water partition coefficient (Wildman–Crippen LogP) is 3.57. The Morgan fingerprint density at radius 2 is 1.62 bits per heavy atom. The molecule has 1 aliphatic carbocycles. The Labute approximate surface area is 200 Å². The lowest BCUT2D eigenvalue weighted by Gasteiger charge is -2.30. The molecule has 0 saturated heterocycles. The monoisotopic (exact) mass is 457 g/mol. The van der Waals surface area contributed by atoms with Gasteiger partial charge in [0.05, 0.1) is 12.5 Å². The highest BCUT2D eigenvalue weighted by Gasteiger charge is 2.35. The summed E-state index contributed by atoms with van der Waals surface area (Å²) in [5, 5.41) is 11.6. The van der Waals surface area contributed by atoms with Crippen LogP contribution >= 0.6 is 0 Å². The topological polar surface area (TPSA) is 80.1 Å². The molecule has 1 aromatic heterocycles. The SMILES string of the molecule is O=C(NCc1nnc2n1CCN(C(=O)[C@@H](c1ccccc1)C1CCCC1)CC2)c1ccccc1. The number of carbonyl (C=O) groups is 2. The van der Waals surface area contributed by atoms with Gasteiger partial charge in [-0.15, -0.1) is 10.2 Å². The van der Waals surface area contributed by atoms with Crippen LogP contribution in [0, 0.1) is 5.92 Å². The van der Waals surface area contributed by atoms with E-state index in [9.17, 15) is 9.59 Å². The molecular formula is C27H31N5O2. The largest absolute Gasteiger partial charge is 0.345 e. The van der Waals surface area contributed by atoms with Crippen LogP contribution in [0.1, 0.15) is 59.2 Å². The summed E-state index contributed by atoms with van der Waals surface area (Å²) >= 11 is 0. The zero-order valence-electron chi connectivity index (χ0n) is 19.4. The molecule has 176 valence electrons. The van der Waals surface area contributed by atoms with Crippen LogP contribution in [-0.2, 0) is 24.3 Å². The van der Waals surface area contributed by atoms with Gasteiger partial charge in [-0.25, -0.2) is 0 Å². The van der Waals surface area contributed by atoms with Gasteiger partial charge >= 0.3 is 0 Å². The Balaban J connectivity index is 1.27. The van der Waals surface area contributed by atoms with Crippen molar-refractivity contribution in [3.05, 3.63) is 83.4 Å². The van der Waals surface area contributed by atoms with E-state index in [1.165, 1.54) is 12.8 Å². The minimum atomic E-state index is -0.134. The molecule has 7 heteroatoms. The number of aromatic nitrogens is 3. The lowest BCUT2D eigenvalue weighted by atomic mass is 9.83. The van der Waals surface area contributed by atoms with Crippen molar-refractivity contribution in [2.45, 2.75) is 51.1 Å². The average Bonchev–Trinajstić information content (AvgIpc) is 3.49. The Morgan fingerprint density at radius 3 is 2.35 bits per heavy atom. The number of carbonyl (C=O) groups excluding carboxylic acids is 2. The molecule has 0 bridgehead atoms. The normalized spacial score (nSPS) is 17.1. The first-order chi connectivity index (χ1) is 16.7. The van der Waals surface area contributed by atoms with Crippen molar-refractivity contribution in [1.82, 2.24) is 25.0 Å². The molecule has 1 fully saturated rings. The standard InChI is InChI=1S/C27H31N5O2/c33-26(22-13-5-2-6-14-22)28-19-24-30-29-23-15-16-31(17-18-32(23)24)27(34)25(21-11-7-8-12-21)20-9-3-1-4-10-20/h1-6,9-10,13-14,21,25H,7-8,11-12,15-19H2,(H,28,33)/t25-/m0/s1. The Kier molecular flexibility index (Phi) is 6.70. The third kappa shape index (κ3) is 4.74. The van der Waals surface area contributed by atoms with Crippen LogP contribution in [0.2, 0.25) is 0 Å². The lowest BCUT2D eigenvalue weighted by molar-refractivity contribution is -0.134. The second-order valence-electron chi connectivity index (χ2n) is 9.24. The fourth-order valence-electron chi connectivity index (χ4n) is 5.35. The van der Waals surface area contributed by atoms with Crippen LogP contribution in [0.3, 0.4) is 0 Å². The van der Waals surface area contributed by atoms with E-state index in [1.54, 1.807) is 12.1 Å². The van der Waals surface area contributed by atoms with Crippen LogP contribution < -0.4 is 5.32 Å². The molecule has 0 radical (unpaired) electrons. The number of amides is 2. The molecule has 2 amide bonds. The number of benzene rings is 2. The van der Waals surface area contributed by atoms with Crippen LogP contribution in [0.4, 0.5) is 0 Å². The molecule has 5 rings (SSSR count). The highest BCUT2D eigenvalue weighted by atomic mass is 16.2. The minimum absolute atomic E-state index is 0.0723. The molecule has 1 N–H and O–H groups in total. The molecule has 3 aromatic rings.